The average molecular weight is 290 g/mol. The predicted octanol–water partition coefficient (Wildman–Crippen LogP) is 2.58. The van der Waals surface area contributed by atoms with Crippen LogP contribution < -0.4 is 15.2 Å². The molecular formula is C17H26N2O2. The van der Waals surface area contributed by atoms with E-state index in [1.165, 1.54) is 37.8 Å². The van der Waals surface area contributed by atoms with Gasteiger partial charge in [-0.25, -0.2) is 0 Å². The third kappa shape index (κ3) is 2.74. The number of rotatable bonds is 5. The maximum absolute atomic E-state index is 6.08. The van der Waals surface area contributed by atoms with Crippen molar-refractivity contribution >= 4 is 0 Å². The summed E-state index contributed by atoms with van der Waals surface area (Å²) in [6, 6.07) is 7.30. The van der Waals surface area contributed by atoms with Crippen molar-refractivity contribution in [3.8, 4) is 11.5 Å². The van der Waals surface area contributed by atoms with Crippen LogP contribution in [0.5, 0.6) is 11.5 Å². The molecule has 0 aromatic heterocycles. The number of ether oxygens (including phenoxy) is 2. The molecule has 1 aliphatic carbocycles. The minimum Gasteiger partial charge on any atom is -0.493 e. The lowest BCUT2D eigenvalue weighted by Crippen LogP contribution is -2.42. The number of benzene rings is 1. The molecule has 2 fully saturated rings. The van der Waals surface area contributed by atoms with Crippen LogP contribution in [0.4, 0.5) is 0 Å². The number of likely N-dealkylation sites (tertiary alicyclic amines) is 1. The van der Waals surface area contributed by atoms with E-state index in [0.717, 1.165) is 24.1 Å². The molecular weight excluding hydrogens is 264 g/mol. The minimum atomic E-state index is 0.362. The molecule has 1 aliphatic heterocycles. The Hall–Kier alpha value is -1.26. The highest BCUT2D eigenvalue weighted by Gasteiger charge is 2.41. The summed E-state index contributed by atoms with van der Waals surface area (Å²) in [6.45, 7) is 1.90. The molecule has 0 radical (unpaired) electrons. The number of para-hydroxylation sites is 1. The van der Waals surface area contributed by atoms with Gasteiger partial charge in [0.25, 0.3) is 0 Å². The first-order valence-electron chi connectivity index (χ1n) is 7.96. The largest absolute Gasteiger partial charge is 0.493 e. The Morgan fingerprint density at radius 3 is 2.62 bits per heavy atom. The Morgan fingerprint density at radius 2 is 2.00 bits per heavy atom. The summed E-state index contributed by atoms with van der Waals surface area (Å²) in [5.41, 5.74) is 7.31. The van der Waals surface area contributed by atoms with Gasteiger partial charge in [-0.15, -0.1) is 0 Å². The van der Waals surface area contributed by atoms with Crippen molar-refractivity contribution < 1.29 is 9.47 Å². The summed E-state index contributed by atoms with van der Waals surface area (Å²) in [4.78, 5) is 2.65. The number of piperidine rings is 1. The zero-order valence-corrected chi connectivity index (χ0v) is 13.0. The van der Waals surface area contributed by atoms with E-state index in [9.17, 15) is 0 Å². The Bertz CT molecular complexity index is 488. The van der Waals surface area contributed by atoms with Gasteiger partial charge < -0.3 is 15.2 Å². The SMILES string of the molecule is COc1cccc(C2C(CN)CCCN2C2CC2)c1OC. The number of methoxy groups -OCH3 is 2. The summed E-state index contributed by atoms with van der Waals surface area (Å²) in [7, 11) is 3.42. The van der Waals surface area contributed by atoms with E-state index in [0.29, 0.717) is 12.0 Å². The molecule has 116 valence electrons. The van der Waals surface area contributed by atoms with E-state index in [-0.39, 0.29) is 0 Å². The van der Waals surface area contributed by atoms with Crippen molar-refractivity contribution in [2.24, 2.45) is 11.7 Å². The summed E-state index contributed by atoms with van der Waals surface area (Å²) in [6.07, 6.45) is 5.09. The molecule has 0 amide bonds. The van der Waals surface area contributed by atoms with Gasteiger partial charge in [0.2, 0.25) is 0 Å². The normalized spacial score (nSPS) is 26.6. The number of nitrogens with two attached hydrogens (primary N) is 1. The average Bonchev–Trinajstić information content (AvgIpc) is 3.37. The fraction of sp³-hybridized carbons (Fsp3) is 0.647. The van der Waals surface area contributed by atoms with Crippen LogP contribution in [0.2, 0.25) is 0 Å². The Balaban J connectivity index is 2.01. The monoisotopic (exact) mass is 290 g/mol. The second kappa shape index (κ2) is 6.24. The van der Waals surface area contributed by atoms with Crippen LogP contribution in [0.1, 0.15) is 37.3 Å². The molecule has 1 heterocycles. The molecule has 2 aliphatic rings. The highest BCUT2D eigenvalue weighted by Crippen LogP contribution is 2.46. The molecule has 2 N–H and O–H groups in total. The molecule has 1 aromatic rings. The van der Waals surface area contributed by atoms with Crippen molar-refractivity contribution in [3.05, 3.63) is 23.8 Å². The lowest BCUT2D eigenvalue weighted by atomic mass is 9.84. The summed E-state index contributed by atoms with van der Waals surface area (Å²) in [5.74, 6) is 2.18. The van der Waals surface area contributed by atoms with Gasteiger partial charge in [-0.05, 0) is 50.8 Å². The second-order valence-electron chi connectivity index (χ2n) is 6.13. The molecule has 1 aromatic carbocycles. The van der Waals surface area contributed by atoms with Gasteiger partial charge in [-0.2, -0.15) is 0 Å². The smallest absolute Gasteiger partial charge is 0.165 e. The molecule has 4 nitrogen and oxygen atoms in total. The number of hydrogen-bond acceptors (Lipinski definition) is 4. The quantitative estimate of drug-likeness (QED) is 0.905. The molecule has 0 spiro atoms. The molecule has 3 rings (SSSR count). The van der Waals surface area contributed by atoms with Gasteiger partial charge in [-0.3, -0.25) is 4.90 Å². The van der Waals surface area contributed by atoms with E-state index >= 15 is 0 Å². The molecule has 1 saturated heterocycles. The van der Waals surface area contributed by atoms with Gasteiger partial charge >= 0.3 is 0 Å². The number of hydrogen-bond donors (Lipinski definition) is 1. The Labute approximate surface area is 127 Å². The van der Waals surface area contributed by atoms with Crippen molar-refractivity contribution in [2.75, 3.05) is 27.3 Å². The first kappa shape index (κ1) is 14.7. The van der Waals surface area contributed by atoms with E-state index in [2.05, 4.69) is 17.0 Å². The lowest BCUT2D eigenvalue weighted by Gasteiger charge is -2.42. The van der Waals surface area contributed by atoms with Crippen LogP contribution in [-0.2, 0) is 0 Å². The fourth-order valence-electron chi connectivity index (χ4n) is 3.74. The van der Waals surface area contributed by atoms with E-state index in [4.69, 9.17) is 15.2 Å². The van der Waals surface area contributed by atoms with Crippen LogP contribution in [0, 0.1) is 5.92 Å². The molecule has 0 bridgehead atoms. The maximum atomic E-state index is 6.08. The molecule has 4 heteroatoms. The van der Waals surface area contributed by atoms with E-state index in [1.54, 1.807) is 14.2 Å². The van der Waals surface area contributed by atoms with E-state index < -0.39 is 0 Å². The van der Waals surface area contributed by atoms with Crippen molar-refractivity contribution in [1.82, 2.24) is 4.90 Å². The zero-order valence-electron chi connectivity index (χ0n) is 13.0. The molecule has 2 unspecified atom stereocenters. The first-order chi connectivity index (χ1) is 10.3. The number of nitrogens with zero attached hydrogens (tertiary/aromatic N) is 1. The highest BCUT2D eigenvalue weighted by atomic mass is 16.5. The van der Waals surface area contributed by atoms with Gasteiger partial charge in [0, 0.05) is 17.6 Å². The Morgan fingerprint density at radius 1 is 1.19 bits per heavy atom. The van der Waals surface area contributed by atoms with Crippen LogP contribution in [0.25, 0.3) is 0 Å². The third-order valence-electron chi connectivity index (χ3n) is 4.87. The Kier molecular flexibility index (Phi) is 4.36. The van der Waals surface area contributed by atoms with Gasteiger partial charge in [0.1, 0.15) is 0 Å². The van der Waals surface area contributed by atoms with Crippen molar-refractivity contribution in [3.63, 3.8) is 0 Å². The summed E-state index contributed by atoms with van der Waals surface area (Å²) < 4.78 is 11.1. The highest BCUT2D eigenvalue weighted by molar-refractivity contribution is 5.48. The van der Waals surface area contributed by atoms with Crippen LogP contribution in [0.3, 0.4) is 0 Å². The second-order valence-corrected chi connectivity index (χ2v) is 6.13. The first-order valence-corrected chi connectivity index (χ1v) is 7.96. The lowest BCUT2D eigenvalue weighted by molar-refractivity contribution is 0.0857. The maximum Gasteiger partial charge on any atom is 0.165 e. The third-order valence-corrected chi connectivity index (χ3v) is 4.87. The summed E-state index contributed by atoms with van der Waals surface area (Å²) in [5, 5.41) is 0. The molecule has 21 heavy (non-hydrogen) atoms. The van der Waals surface area contributed by atoms with Crippen LogP contribution >= 0.6 is 0 Å². The van der Waals surface area contributed by atoms with Gasteiger partial charge in [0.15, 0.2) is 11.5 Å². The molecule has 1 saturated carbocycles. The van der Waals surface area contributed by atoms with Crippen molar-refractivity contribution in [1.29, 1.82) is 0 Å². The fourth-order valence-corrected chi connectivity index (χ4v) is 3.74. The summed E-state index contributed by atoms with van der Waals surface area (Å²) >= 11 is 0. The predicted molar refractivity (Wildman–Crippen MR) is 83.8 cm³/mol. The van der Waals surface area contributed by atoms with Crippen molar-refractivity contribution in [2.45, 2.75) is 37.8 Å². The zero-order chi connectivity index (χ0) is 14.8. The topological polar surface area (TPSA) is 47.7 Å². The standard InChI is InChI=1S/C17H26N2O2/c1-20-15-7-3-6-14(17(15)21-2)16-12(11-18)5-4-10-19(16)13-8-9-13/h3,6-7,12-13,16H,4-5,8-11,18H2,1-2H3. The van der Waals surface area contributed by atoms with Gasteiger partial charge in [-0.1, -0.05) is 12.1 Å². The van der Waals surface area contributed by atoms with Crippen LogP contribution in [0.15, 0.2) is 18.2 Å². The van der Waals surface area contributed by atoms with E-state index in [1.807, 2.05) is 6.07 Å². The molecule has 2 atom stereocenters. The van der Waals surface area contributed by atoms with Gasteiger partial charge in [0.05, 0.1) is 14.2 Å². The minimum absolute atomic E-state index is 0.362. The van der Waals surface area contributed by atoms with Crippen LogP contribution in [-0.4, -0.2) is 38.3 Å².